The van der Waals surface area contributed by atoms with Crippen LogP contribution in [0.4, 0.5) is 8.78 Å². The predicted octanol–water partition coefficient (Wildman–Crippen LogP) is 3.66. The third-order valence-corrected chi connectivity index (χ3v) is 3.40. The third kappa shape index (κ3) is 3.25. The van der Waals surface area contributed by atoms with Gasteiger partial charge in [-0.1, -0.05) is 6.92 Å². The van der Waals surface area contributed by atoms with Gasteiger partial charge in [0.1, 0.15) is 11.6 Å². The van der Waals surface area contributed by atoms with Crippen LogP contribution >= 0.6 is 15.9 Å². The molecular formula is C12H16BrF2N. The van der Waals surface area contributed by atoms with Gasteiger partial charge < -0.3 is 5.32 Å². The van der Waals surface area contributed by atoms with E-state index in [0.717, 1.165) is 12.8 Å². The highest BCUT2D eigenvalue weighted by Gasteiger charge is 2.13. The maximum atomic E-state index is 13.6. The quantitative estimate of drug-likeness (QED) is 0.817. The molecule has 1 rings (SSSR count). The highest BCUT2D eigenvalue weighted by Crippen LogP contribution is 2.23. The minimum absolute atomic E-state index is 0.170. The average molecular weight is 292 g/mol. The van der Waals surface area contributed by atoms with E-state index in [1.54, 1.807) is 0 Å². The molecule has 0 aliphatic heterocycles. The van der Waals surface area contributed by atoms with Crippen molar-refractivity contribution in [1.82, 2.24) is 5.32 Å². The van der Waals surface area contributed by atoms with Crippen LogP contribution in [0, 0.1) is 11.6 Å². The molecule has 0 heterocycles. The second-order valence-corrected chi connectivity index (χ2v) is 4.61. The van der Waals surface area contributed by atoms with Crippen LogP contribution in [0.3, 0.4) is 0 Å². The van der Waals surface area contributed by atoms with Gasteiger partial charge in [0.25, 0.3) is 0 Å². The van der Waals surface area contributed by atoms with Gasteiger partial charge in [0.2, 0.25) is 0 Å². The molecule has 0 aliphatic carbocycles. The lowest BCUT2D eigenvalue weighted by molar-refractivity contribution is 0.486. The van der Waals surface area contributed by atoms with E-state index in [4.69, 9.17) is 0 Å². The van der Waals surface area contributed by atoms with E-state index in [1.807, 2.05) is 7.05 Å². The summed E-state index contributed by atoms with van der Waals surface area (Å²) in [6.07, 6.45) is 2.10. The van der Waals surface area contributed by atoms with E-state index < -0.39 is 11.6 Å². The molecule has 0 bridgehead atoms. The van der Waals surface area contributed by atoms with E-state index in [-0.39, 0.29) is 5.56 Å². The minimum atomic E-state index is -0.481. The van der Waals surface area contributed by atoms with Gasteiger partial charge in [-0.25, -0.2) is 8.78 Å². The Morgan fingerprint density at radius 1 is 1.38 bits per heavy atom. The van der Waals surface area contributed by atoms with Crippen LogP contribution in [0.25, 0.3) is 0 Å². The van der Waals surface area contributed by atoms with Crippen LogP contribution in [0.1, 0.15) is 25.3 Å². The Morgan fingerprint density at radius 2 is 2.06 bits per heavy atom. The van der Waals surface area contributed by atoms with Crippen LogP contribution in [-0.4, -0.2) is 13.1 Å². The van der Waals surface area contributed by atoms with Crippen LogP contribution in [-0.2, 0) is 6.42 Å². The summed E-state index contributed by atoms with van der Waals surface area (Å²) in [4.78, 5) is 0. The number of benzene rings is 1. The molecule has 0 spiro atoms. The molecule has 1 nitrogen and oxygen atoms in total. The van der Waals surface area contributed by atoms with Crippen molar-refractivity contribution in [1.29, 1.82) is 0 Å². The molecule has 0 aromatic heterocycles. The highest BCUT2D eigenvalue weighted by molar-refractivity contribution is 9.10. The Labute approximate surface area is 103 Å². The summed E-state index contributed by atoms with van der Waals surface area (Å²) in [5.74, 6) is -0.947. The molecule has 0 radical (unpaired) electrons. The van der Waals surface area contributed by atoms with Crippen molar-refractivity contribution in [3.63, 3.8) is 0 Å². The number of nitrogens with one attached hydrogen (secondary N) is 1. The molecule has 1 N–H and O–H groups in total. The molecule has 16 heavy (non-hydrogen) atoms. The third-order valence-electron chi connectivity index (χ3n) is 2.78. The number of halogens is 3. The van der Waals surface area contributed by atoms with Crippen LogP contribution in [0.2, 0.25) is 0 Å². The zero-order valence-corrected chi connectivity index (χ0v) is 11.1. The van der Waals surface area contributed by atoms with Crippen molar-refractivity contribution in [2.24, 2.45) is 0 Å². The van der Waals surface area contributed by atoms with Gasteiger partial charge in [0.05, 0.1) is 4.47 Å². The summed E-state index contributed by atoms with van der Waals surface area (Å²) in [6, 6.07) is 2.99. The summed E-state index contributed by atoms with van der Waals surface area (Å²) in [5.41, 5.74) is 0.170. The van der Waals surface area contributed by atoms with E-state index in [9.17, 15) is 8.78 Å². The van der Waals surface area contributed by atoms with E-state index in [1.165, 1.54) is 12.1 Å². The van der Waals surface area contributed by atoms with Crippen LogP contribution < -0.4 is 5.32 Å². The van der Waals surface area contributed by atoms with Crippen molar-refractivity contribution >= 4 is 15.9 Å². The molecule has 0 fully saturated rings. The Balaban J connectivity index is 2.77. The summed E-state index contributed by atoms with van der Waals surface area (Å²) >= 11 is 3.06. The summed E-state index contributed by atoms with van der Waals surface area (Å²) in [7, 11) is 1.86. The van der Waals surface area contributed by atoms with Crippen molar-refractivity contribution < 1.29 is 8.78 Å². The Morgan fingerprint density at radius 3 is 2.62 bits per heavy atom. The lowest BCUT2D eigenvalue weighted by atomic mass is 10.0. The maximum Gasteiger partial charge on any atom is 0.143 e. The normalized spacial score (nSPS) is 12.8. The van der Waals surface area contributed by atoms with Gasteiger partial charge in [0.15, 0.2) is 0 Å². The molecule has 0 amide bonds. The van der Waals surface area contributed by atoms with Gasteiger partial charge >= 0.3 is 0 Å². The van der Waals surface area contributed by atoms with Crippen molar-refractivity contribution in [3.05, 3.63) is 33.8 Å². The highest BCUT2D eigenvalue weighted by atomic mass is 79.9. The zero-order valence-electron chi connectivity index (χ0n) is 9.49. The first-order valence-corrected chi connectivity index (χ1v) is 6.19. The van der Waals surface area contributed by atoms with Crippen molar-refractivity contribution in [3.8, 4) is 0 Å². The zero-order chi connectivity index (χ0) is 12.1. The minimum Gasteiger partial charge on any atom is -0.317 e. The molecule has 0 saturated heterocycles. The lowest BCUT2D eigenvalue weighted by Crippen LogP contribution is -2.24. The first kappa shape index (κ1) is 13.6. The van der Waals surface area contributed by atoms with Gasteiger partial charge in [-0.15, -0.1) is 0 Å². The van der Waals surface area contributed by atoms with E-state index >= 15 is 0 Å². The topological polar surface area (TPSA) is 12.0 Å². The second-order valence-electron chi connectivity index (χ2n) is 3.75. The summed E-state index contributed by atoms with van der Waals surface area (Å²) in [6.45, 7) is 2.05. The van der Waals surface area contributed by atoms with Crippen molar-refractivity contribution in [2.75, 3.05) is 7.05 Å². The summed E-state index contributed by atoms with van der Waals surface area (Å²) < 4.78 is 27.3. The number of hydrogen-bond donors (Lipinski definition) is 1. The van der Waals surface area contributed by atoms with Gasteiger partial charge in [0, 0.05) is 11.6 Å². The first-order valence-electron chi connectivity index (χ1n) is 5.39. The first-order chi connectivity index (χ1) is 7.60. The molecule has 1 aromatic rings. The van der Waals surface area contributed by atoms with E-state index in [0.29, 0.717) is 16.9 Å². The smallest absolute Gasteiger partial charge is 0.143 e. The predicted molar refractivity (Wildman–Crippen MR) is 65.5 cm³/mol. The van der Waals surface area contributed by atoms with E-state index in [2.05, 4.69) is 28.2 Å². The maximum absolute atomic E-state index is 13.6. The Bertz CT molecular complexity index is 351. The standard InChI is InChI=1S/C12H16BrF2N/c1-3-8(16-2)4-5-9-11(14)7-6-10(13)12(9)15/h6-8,16H,3-5H2,1-2H3. The number of rotatable bonds is 5. The van der Waals surface area contributed by atoms with Gasteiger partial charge in [-0.2, -0.15) is 0 Å². The average Bonchev–Trinajstić information content (AvgIpc) is 2.29. The molecule has 0 saturated carbocycles. The van der Waals surface area contributed by atoms with Gasteiger partial charge in [-0.05, 0) is 54.4 Å². The van der Waals surface area contributed by atoms with Crippen molar-refractivity contribution in [2.45, 2.75) is 32.2 Å². The SMILES string of the molecule is CCC(CCc1c(F)ccc(Br)c1F)NC. The monoisotopic (exact) mass is 291 g/mol. The lowest BCUT2D eigenvalue weighted by Gasteiger charge is -2.14. The molecule has 1 aromatic carbocycles. The largest absolute Gasteiger partial charge is 0.317 e. The fourth-order valence-corrected chi connectivity index (χ4v) is 2.04. The van der Waals surface area contributed by atoms with Crippen LogP contribution in [0.15, 0.2) is 16.6 Å². The molecule has 0 aliphatic rings. The Hall–Kier alpha value is -0.480. The second kappa shape index (κ2) is 6.30. The summed E-state index contributed by atoms with van der Waals surface area (Å²) in [5, 5.41) is 3.12. The molecule has 4 heteroatoms. The molecular weight excluding hydrogens is 276 g/mol. The molecule has 1 unspecified atom stereocenters. The van der Waals surface area contributed by atoms with Crippen LogP contribution in [0.5, 0.6) is 0 Å². The number of hydrogen-bond acceptors (Lipinski definition) is 1. The molecule has 1 atom stereocenters. The fourth-order valence-electron chi connectivity index (χ4n) is 1.67. The van der Waals surface area contributed by atoms with Gasteiger partial charge in [-0.3, -0.25) is 0 Å². The Kier molecular flexibility index (Phi) is 5.35. The molecule has 90 valence electrons. The fraction of sp³-hybridized carbons (Fsp3) is 0.500.